The zero-order valence-corrected chi connectivity index (χ0v) is 11.0. The quantitative estimate of drug-likeness (QED) is 0.522. The summed E-state index contributed by atoms with van der Waals surface area (Å²) in [5.41, 5.74) is 2.30. The van der Waals surface area contributed by atoms with Crippen LogP contribution in [0, 0.1) is 0 Å². The van der Waals surface area contributed by atoms with Crippen molar-refractivity contribution < 1.29 is 9.52 Å². The average molecular weight is 277 g/mol. The average Bonchev–Trinajstić information content (AvgIpc) is 2.91. The van der Waals surface area contributed by atoms with Gasteiger partial charge >= 0.3 is 5.63 Å². The van der Waals surface area contributed by atoms with Crippen LogP contribution in [-0.4, -0.2) is 10.1 Å². The van der Waals surface area contributed by atoms with E-state index in [4.69, 9.17) is 4.42 Å². The van der Waals surface area contributed by atoms with Crippen LogP contribution in [0.25, 0.3) is 33.0 Å². The topological polar surface area (TPSA) is 66.2 Å². The molecular weight excluding hydrogens is 266 g/mol. The van der Waals surface area contributed by atoms with E-state index >= 15 is 0 Å². The Labute approximate surface area is 119 Å². The Hall–Kier alpha value is -3.01. The molecular formula is C17H11NO3. The molecule has 0 spiro atoms. The summed E-state index contributed by atoms with van der Waals surface area (Å²) in [5, 5.41) is 11.2. The second-order valence-electron chi connectivity index (χ2n) is 4.92. The molecule has 102 valence electrons. The minimum Gasteiger partial charge on any atom is -0.508 e. The number of aromatic amines is 1. The highest BCUT2D eigenvalue weighted by molar-refractivity contribution is 5.96. The van der Waals surface area contributed by atoms with E-state index in [0.29, 0.717) is 16.5 Å². The summed E-state index contributed by atoms with van der Waals surface area (Å²) in [6.45, 7) is 0. The lowest BCUT2D eigenvalue weighted by Crippen LogP contribution is -2.02. The van der Waals surface area contributed by atoms with E-state index in [1.54, 1.807) is 24.4 Å². The molecule has 0 atom stereocenters. The lowest BCUT2D eigenvalue weighted by molar-refractivity contribution is 0.475. The van der Waals surface area contributed by atoms with Crippen LogP contribution < -0.4 is 5.63 Å². The molecule has 21 heavy (non-hydrogen) atoms. The molecule has 0 aliphatic rings. The molecule has 0 fully saturated rings. The van der Waals surface area contributed by atoms with E-state index in [2.05, 4.69) is 4.98 Å². The van der Waals surface area contributed by atoms with Gasteiger partial charge in [-0.1, -0.05) is 18.2 Å². The maximum Gasteiger partial charge on any atom is 0.344 e. The fraction of sp³-hybridized carbons (Fsp3) is 0. The van der Waals surface area contributed by atoms with Crippen molar-refractivity contribution in [2.45, 2.75) is 0 Å². The molecule has 2 heterocycles. The molecule has 0 aliphatic carbocycles. The number of para-hydroxylation sites is 1. The highest BCUT2D eigenvalue weighted by atomic mass is 16.4. The van der Waals surface area contributed by atoms with Crippen LogP contribution in [0.2, 0.25) is 0 Å². The second-order valence-corrected chi connectivity index (χ2v) is 4.92. The number of phenolic OH excluding ortho intramolecular Hbond substituents is 1. The molecule has 2 aromatic heterocycles. The summed E-state index contributed by atoms with van der Waals surface area (Å²) in [6, 6.07) is 14.2. The number of H-pyrrole nitrogens is 1. The Balaban J connectivity index is 2.05. The fourth-order valence-corrected chi connectivity index (χ4v) is 2.59. The smallest absolute Gasteiger partial charge is 0.344 e. The van der Waals surface area contributed by atoms with Gasteiger partial charge in [0.05, 0.1) is 5.56 Å². The van der Waals surface area contributed by atoms with Crippen LogP contribution in [-0.2, 0) is 0 Å². The molecule has 4 heteroatoms. The van der Waals surface area contributed by atoms with E-state index in [1.165, 1.54) is 6.07 Å². The maximum atomic E-state index is 12.2. The Morgan fingerprint density at radius 2 is 1.86 bits per heavy atom. The van der Waals surface area contributed by atoms with Crippen molar-refractivity contribution in [2.24, 2.45) is 0 Å². The molecule has 0 saturated heterocycles. The number of phenols is 1. The van der Waals surface area contributed by atoms with E-state index in [-0.39, 0.29) is 5.75 Å². The van der Waals surface area contributed by atoms with Gasteiger partial charge in [0.15, 0.2) is 0 Å². The summed E-state index contributed by atoms with van der Waals surface area (Å²) in [4.78, 5) is 15.4. The van der Waals surface area contributed by atoms with Crippen LogP contribution in [0.4, 0.5) is 0 Å². The molecule has 2 N–H and O–H groups in total. The molecule has 0 bridgehead atoms. The van der Waals surface area contributed by atoms with Crippen LogP contribution in [0.15, 0.2) is 63.9 Å². The standard InChI is InChI=1S/C17H11NO3/c19-11-5-6-16-10(7-11)8-13(17(20)21-16)14-9-18-15-4-2-1-3-12(14)15/h1-9,18-19H. The Morgan fingerprint density at radius 3 is 2.76 bits per heavy atom. The summed E-state index contributed by atoms with van der Waals surface area (Å²) < 4.78 is 5.34. The number of aromatic nitrogens is 1. The van der Waals surface area contributed by atoms with Gasteiger partial charge < -0.3 is 14.5 Å². The molecule has 4 aromatic rings. The molecule has 0 unspecified atom stereocenters. The molecule has 0 saturated carbocycles. The molecule has 0 amide bonds. The minimum absolute atomic E-state index is 0.140. The normalized spacial score (nSPS) is 11.2. The molecule has 4 nitrogen and oxygen atoms in total. The first-order valence-corrected chi connectivity index (χ1v) is 6.56. The number of aromatic hydroxyl groups is 1. The number of hydrogen-bond donors (Lipinski definition) is 2. The summed E-state index contributed by atoms with van der Waals surface area (Å²) >= 11 is 0. The first kappa shape index (κ1) is 11.8. The number of rotatable bonds is 1. The van der Waals surface area contributed by atoms with Gasteiger partial charge in [0, 0.05) is 28.0 Å². The van der Waals surface area contributed by atoms with Gasteiger partial charge in [-0.15, -0.1) is 0 Å². The molecule has 2 aromatic carbocycles. The monoisotopic (exact) mass is 277 g/mol. The van der Waals surface area contributed by atoms with E-state index in [1.807, 2.05) is 24.3 Å². The lowest BCUT2D eigenvalue weighted by Gasteiger charge is -2.02. The highest BCUT2D eigenvalue weighted by Crippen LogP contribution is 2.29. The van der Waals surface area contributed by atoms with Crippen molar-refractivity contribution in [3.63, 3.8) is 0 Å². The number of nitrogens with one attached hydrogen (secondary N) is 1. The molecule has 4 rings (SSSR count). The Morgan fingerprint density at radius 1 is 1.00 bits per heavy atom. The largest absolute Gasteiger partial charge is 0.508 e. The first-order chi connectivity index (χ1) is 10.2. The van der Waals surface area contributed by atoms with Crippen molar-refractivity contribution in [3.05, 3.63) is 65.1 Å². The van der Waals surface area contributed by atoms with Gasteiger partial charge in [-0.25, -0.2) is 4.79 Å². The number of hydrogen-bond acceptors (Lipinski definition) is 3. The van der Waals surface area contributed by atoms with Crippen LogP contribution in [0.5, 0.6) is 5.75 Å². The lowest BCUT2D eigenvalue weighted by atomic mass is 10.1. The summed E-state index contributed by atoms with van der Waals surface area (Å²) in [5.74, 6) is 0.140. The van der Waals surface area contributed by atoms with Gasteiger partial charge in [-0.3, -0.25) is 0 Å². The fourth-order valence-electron chi connectivity index (χ4n) is 2.59. The number of benzene rings is 2. The van der Waals surface area contributed by atoms with Crippen molar-refractivity contribution in [3.8, 4) is 16.9 Å². The van der Waals surface area contributed by atoms with E-state index < -0.39 is 5.63 Å². The van der Waals surface area contributed by atoms with Gasteiger partial charge in [-0.2, -0.15) is 0 Å². The van der Waals surface area contributed by atoms with Crippen molar-refractivity contribution in [1.82, 2.24) is 4.98 Å². The third kappa shape index (κ3) is 1.80. The zero-order valence-electron chi connectivity index (χ0n) is 11.0. The van der Waals surface area contributed by atoms with Gasteiger partial charge in [0.1, 0.15) is 11.3 Å². The number of fused-ring (bicyclic) bond motifs is 2. The van der Waals surface area contributed by atoms with Crippen molar-refractivity contribution in [1.29, 1.82) is 0 Å². The third-order valence-electron chi connectivity index (χ3n) is 3.60. The van der Waals surface area contributed by atoms with Crippen LogP contribution >= 0.6 is 0 Å². The van der Waals surface area contributed by atoms with E-state index in [9.17, 15) is 9.90 Å². The van der Waals surface area contributed by atoms with Gasteiger partial charge in [0.2, 0.25) is 0 Å². The van der Waals surface area contributed by atoms with E-state index in [0.717, 1.165) is 16.5 Å². The third-order valence-corrected chi connectivity index (χ3v) is 3.60. The van der Waals surface area contributed by atoms with Crippen LogP contribution in [0.3, 0.4) is 0 Å². The van der Waals surface area contributed by atoms with Crippen molar-refractivity contribution in [2.75, 3.05) is 0 Å². The first-order valence-electron chi connectivity index (χ1n) is 6.56. The minimum atomic E-state index is -0.391. The maximum absolute atomic E-state index is 12.2. The summed E-state index contributed by atoms with van der Waals surface area (Å²) in [7, 11) is 0. The highest BCUT2D eigenvalue weighted by Gasteiger charge is 2.12. The molecule has 0 aliphatic heterocycles. The Bertz CT molecular complexity index is 1030. The predicted octanol–water partition coefficient (Wildman–Crippen LogP) is 3.65. The Kier molecular flexibility index (Phi) is 2.38. The van der Waals surface area contributed by atoms with Gasteiger partial charge in [0.25, 0.3) is 0 Å². The summed E-state index contributed by atoms with van der Waals surface area (Å²) in [6.07, 6.45) is 1.80. The predicted molar refractivity (Wildman–Crippen MR) is 81.4 cm³/mol. The van der Waals surface area contributed by atoms with Crippen LogP contribution in [0.1, 0.15) is 0 Å². The second kappa shape index (κ2) is 4.24. The SMILES string of the molecule is O=c1oc2ccc(O)cc2cc1-c1c[nH]c2ccccc12. The zero-order chi connectivity index (χ0) is 14.4. The molecule has 0 radical (unpaired) electrons. The van der Waals surface area contributed by atoms with Crippen molar-refractivity contribution >= 4 is 21.9 Å². The van der Waals surface area contributed by atoms with Gasteiger partial charge in [-0.05, 0) is 30.3 Å².